The van der Waals surface area contributed by atoms with Gasteiger partial charge in [-0.25, -0.2) is 0 Å². The number of methoxy groups -OCH3 is 2. The highest BCUT2D eigenvalue weighted by Gasteiger charge is 2.19. The molecule has 0 aliphatic heterocycles. The molecule has 1 aliphatic carbocycles. The number of ketones is 1. The molecule has 2 rings (SSSR count). The molecule has 2 N–H and O–H groups in total. The molecule has 1 unspecified atom stereocenters. The lowest BCUT2D eigenvalue weighted by atomic mass is 9.86. The van der Waals surface area contributed by atoms with E-state index in [0.717, 1.165) is 25.7 Å². The van der Waals surface area contributed by atoms with Gasteiger partial charge in [0.25, 0.3) is 0 Å². The minimum atomic E-state index is -0.760. The lowest BCUT2D eigenvalue weighted by molar-refractivity contribution is -0.119. The van der Waals surface area contributed by atoms with Gasteiger partial charge in [-0.05, 0) is 37.1 Å². The van der Waals surface area contributed by atoms with E-state index in [1.807, 2.05) is 0 Å². The summed E-state index contributed by atoms with van der Waals surface area (Å²) in [4.78, 5) is 12.1. The molecule has 24 heavy (non-hydrogen) atoms. The molecule has 132 valence electrons. The fourth-order valence-electron chi connectivity index (χ4n) is 3.05. The smallest absolute Gasteiger partial charge is 0.160 e. The Morgan fingerprint density at radius 1 is 1.29 bits per heavy atom. The first kappa shape index (κ1) is 18.3. The lowest BCUT2D eigenvalue weighted by Crippen LogP contribution is -2.19. The van der Waals surface area contributed by atoms with Crippen LogP contribution in [0.25, 0.3) is 0 Å². The molecule has 1 aromatic carbocycles. The highest BCUT2D eigenvalue weighted by atomic mass is 16.5. The molecule has 0 aromatic heterocycles. The SMILES string of the molecule is COc1ccc(OC)c(C(O)CN/C=C/C(=O)C2CCCCC2)c1. The largest absolute Gasteiger partial charge is 0.497 e. The fraction of sp³-hybridized carbons (Fsp3) is 0.526. The summed E-state index contributed by atoms with van der Waals surface area (Å²) in [5.74, 6) is 1.61. The second-order valence-electron chi connectivity index (χ2n) is 6.10. The van der Waals surface area contributed by atoms with Crippen LogP contribution < -0.4 is 14.8 Å². The predicted molar refractivity (Wildman–Crippen MR) is 93.2 cm³/mol. The Hall–Kier alpha value is -2.01. The summed E-state index contributed by atoms with van der Waals surface area (Å²) in [6, 6.07) is 5.30. The minimum absolute atomic E-state index is 0.167. The first-order chi connectivity index (χ1) is 11.7. The summed E-state index contributed by atoms with van der Waals surface area (Å²) in [5.41, 5.74) is 0.649. The minimum Gasteiger partial charge on any atom is -0.497 e. The van der Waals surface area contributed by atoms with E-state index in [1.165, 1.54) is 6.42 Å². The van der Waals surface area contributed by atoms with Crippen molar-refractivity contribution < 1.29 is 19.4 Å². The summed E-state index contributed by atoms with van der Waals surface area (Å²) < 4.78 is 10.5. The molecule has 0 spiro atoms. The number of nitrogens with one attached hydrogen (secondary N) is 1. The van der Waals surface area contributed by atoms with Gasteiger partial charge in [-0.2, -0.15) is 0 Å². The van der Waals surface area contributed by atoms with Crippen molar-refractivity contribution in [2.24, 2.45) is 5.92 Å². The molecule has 1 aliphatic rings. The Kier molecular flexibility index (Phi) is 7.12. The van der Waals surface area contributed by atoms with Crippen LogP contribution >= 0.6 is 0 Å². The van der Waals surface area contributed by atoms with Crippen LogP contribution in [0.5, 0.6) is 11.5 Å². The molecule has 1 saturated carbocycles. The normalized spacial score (nSPS) is 16.8. The van der Waals surface area contributed by atoms with Crippen LogP contribution in [0.4, 0.5) is 0 Å². The maximum Gasteiger partial charge on any atom is 0.160 e. The van der Waals surface area contributed by atoms with Gasteiger partial charge in [-0.1, -0.05) is 19.3 Å². The van der Waals surface area contributed by atoms with E-state index >= 15 is 0 Å². The molecular weight excluding hydrogens is 306 g/mol. The molecule has 0 saturated heterocycles. The average Bonchev–Trinajstić information content (AvgIpc) is 2.64. The molecule has 0 radical (unpaired) electrons. The summed E-state index contributed by atoms with van der Waals surface area (Å²) in [6.07, 6.45) is 7.97. The van der Waals surface area contributed by atoms with Crippen molar-refractivity contribution in [1.29, 1.82) is 0 Å². The van der Waals surface area contributed by atoms with Crippen LogP contribution in [0.3, 0.4) is 0 Å². The van der Waals surface area contributed by atoms with E-state index < -0.39 is 6.10 Å². The quantitative estimate of drug-likeness (QED) is 0.716. The number of hydrogen-bond donors (Lipinski definition) is 2. The van der Waals surface area contributed by atoms with Crippen molar-refractivity contribution in [3.05, 3.63) is 36.0 Å². The van der Waals surface area contributed by atoms with Gasteiger partial charge < -0.3 is 19.9 Å². The molecule has 5 heteroatoms. The van der Waals surface area contributed by atoms with Crippen LogP contribution in [-0.2, 0) is 4.79 Å². The second-order valence-corrected chi connectivity index (χ2v) is 6.10. The number of allylic oxidation sites excluding steroid dienone is 1. The monoisotopic (exact) mass is 333 g/mol. The number of carbonyl (C=O) groups excluding carboxylic acids is 1. The summed E-state index contributed by atoms with van der Waals surface area (Å²) >= 11 is 0. The molecule has 0 heterocycles. The number of ether oxygens (including phenoxy) is 2. The molecule has 0 amide bonds. The highest BCUT2D eigenvalue weighted by Crippen LogP contribution is 2.29. The number of rotatable bonds is 8. The molecule has 5 nitrogen and oxygen atoms in total. The van der Waals surface area contributed by atoms with Crippen LogP contribution in [0, 0.1) is 5.92 Å². The summed E-state index contributed by atoms with van der Waals surface area (Å²) in [5, 5.41) is 13.3. The van der Waals surface area contributed by atoms with E-state index in [-0.39, 0.29) is 18.2 Å². The number of aliphatic hydroxyl groups excluding tert-OH is 1. The van der Waals surface area contributed by atoms with Gasteiger partial charge in [0.2, 0.25) is 0 Å². The van der Waals surface area contributed by atoms with Gasteiger partial charge >= 0.3 is 0 Å². The van der Waals surface area contributed by atoms with Crippen molar-refractivity contribution in [1.82, 2.24) is 5.32 Å². The third-order valence-electron chi connectivity index (χ3n) is 4.48. The molecular formula is C19H27NO4. The van der Waals surface area contributed by atoms with Gasteiger partial charge in [0.1, 0.15) is 11.5 Å². The van der Waals surface area contributed by atoms with Crippen molar-refractivity contribution >= 4 is 5.78 Å². The Labute approximate surface area is 143 Å². The van der Waals surface area contributed by atoms with E-state index in [2.05, 4.69) is 5.32 Å². The van der Waals surface area contributed by atoms with Crippen molar-refractivity contribution in [2.75, 3.05) is 20.8 Å². The fourth-order valence-corrected chi connectivity index (χ4v) is 3.05. The number of carbonyl (C=O) groups is 1. The Morgan fingerprint density at radius 2 is 2.04 bits per heavy atom. The third kappa shape index (κ3) is 4.99. The second kappa shape index (κ2) is 9.33. The third-order valence-corrected chi connectivity index (χ3v) is 4.48. The zero-order chi connectivity index (χ0) is 17.4. The number of aliphatic hydroxyl groups is 1. The molecule has 0 bridgehead atoms. The first-order valence-electron chi connectivity index (χ1n) is 8.49. The Balaban J connectivity index is 1.87. The average molecular weight is 333 g/mol. The zero-order valence-corrected chi connectivity index (χ0v) is 14.5. The molecule has 1 aromatic rings. The van der Waals surface area contributed by atoms with E-state index in [0.29, 0.717) is 17.1 Å². The number of benzene rings is 1. The van der Waals surface area contributed by atoms with Crippen LogP contribution in [0.2, 0.25) is 0 Å². The van der Waals surface area contributed by atoms with Gasteiger partial charge in [-0.15, -0.1) is 0 Å². The Bertz CT molecular complexity index is 564. The van der Waals surface area contributed by atoms with E-state index in [1.54, 1.807) is 44.7 Å². The summed E-state index contributed by atoms with van der Waals surface area (Å²) in [6.45, 7) is 0.290. The van der Waals surface area contributed by atoms with Crippen LogP contribution in [0.1, 0.15) is 43.8 Å². The van der Waals surface area contributed by atoms with Crippen molar-refractivity contribution in [3.8, 4) is 11.5 Å². The van der Waals surface area contributed by atoms with Gasteiger partial charge in [0.15, 0.2) is 5.78 Å². The van der Waals surface area contributed by atoms with Gasteiger partial charge in [0.05, 0.1) is 20.3 Å². The Morgan fingerprint density at radius 3 is 2.71 bits per heavy atom. The van der Waals surface area contributed by atoms with Gasteiger partial charge in [-0.3, -0.25) is 4.79 Å². The lowest BCUT2D eigenvalue weighted by Gasteiger charge is -2.18. The molecule has 1 fully saturated rings. The number of hydrogen-bond acceptors (Lipinski definition) is 5. The van der Waals surface area contributed by atoms with Gasteiger partial charge in [0, 0.05) is 24.2 Å². The highest BCUT2D eigenvalue weighted by molar-refractivity contribution is 5.91. The van der Waals surface area contributed by atoms with Crippen LogP contribution in [-0.4, -0.2) is 31.7 Å². The van der Waals surface area contributed by atoms with Crippen molar-refractivity contribution in [2.45, 2.75) is 38.2 Å². The summed E-state index contributed by atoms with van der Waals surface area (Å²) in [7, 11) is 3.14. The van der Waals surface area contributed by atoms with Crippen molar-refractivity contribution in [3.63, 3.8) is 0 Å². The standard InChI is InChI=1S/C19H27NO4/c1-23-15-8-9-19(24-2)16(12-15)18(22)13-20-11-10-17(21)14-6-4-3-5-7-14/h8-12,14,18,20,22H,3-7,13H2,1-2H3/b11-10+. The van der Waals surface area contributed by atoms with Crippen LogP contribution in [0.15, 0.2) is 30.5 Å². The maximum atomic E-state index is 12.1. The molecule has 1 atom stereocenters. The maximum absolute atomic E-state index is 12.1. The first-order valence-corrected chi connectivity index (χ1v) is 8.49. The predicted octanol–water partition coefficient (Wildman–Crippen LogP) is 2.99. The zero-order valence-electron chi connectivity index (χ0n) is 14.5. The van der Waals surface area contributed by atoms with E-state index in [4.69, 9.17) is 9.47 Å². The van der Waals surface area contributed by atoms with E-state index in [9.17, 15) is 9.90 Å². The topological polar surface area (TPSA) is 67.8 Å².